The minimum absolute atomic E-state index is 0.0590. The third kappa shape index (κ3) is 7.24. The molecule has 0 bridgehead atoms. The Morgan fingerprint density at radius 1 is 1.03 bits per heavy atom. The van der Waals surface area contributed by atoms with Crippen LogP contribution in [0.3, 0.4) is 0 Å². The average molecular weight is 560 g/mol. The van der Waals surface area contributed by atoms with E-state index in [0.29, 0.717) is 48.7 Å². The number of aryl methyl sites for hydroxylation is 2. The summed E-state index contributed by atoms with van der Waals surface area (Å²) in [5.74, 6) is 1.37. The molecule has 1 aromatic heterocycles. The average Bonchev–Trinajstić information content (AvgIpc) is 2.87. The largest absolute Gasteiger partial charge is 0.417 e. The van der Waals surface area contributed by atoms with Crippen molar-refractivity contribution in [1.82, 2.24) is 19.9 Å². The molecule has 3 N–H and O–H groups in total. The van der Waals surface area contributed by atoms with Gasteiger partial charge in [-0.05, 0) is 49.7 Å². The number of urea groups is 1. The summed E-state index contributed by atoms with van der Waals surface area (Å²) in [5, 5.41) is 16.6. The maximum absolute atomic E-state index is 13.1. The van der Waals surface area contributed by atoms with Crippen LogP contribution >= 0.6 is 11.6 Å². The number of hydrogen-bond donors (Lipinski definition) is 3. The second-order valence-corrected chi connectivity index (χ2v) is 9.26. The number of carbonyl (C=O) groups excluding carboxylic acids is 1. The zero-order valence-electron chi connectivity index (χ0n) is 21.1. The Hall–Kier alpha value is -4.15. The van der Waals surface area contributed by atoms with Crippen molar-refractivity contribution in [3.8, 4) is 6.07 Å². The highest BCUT2D eigenvalue weighted by atomic mass is 35.5. The fraction of sp³-hybridized carbons (Fsp3) is 0.320. The van der Waals surface area contributed by atoms with Crippen LogP contribution in [0, 0.1) is 25.2 Å². The number of alkyl halides is 3. The van der Waals surface area contributed by atoms with Crippen LogP contribution in [-0.2, 0) is 6.18 Å². The quantitative estimate of drug-likeness (QED) is 0.353. The minimum Gasteiger partial charge on any atom is -0.338 e. The zero-order chi connectivity index (χ0) is 28.2. The van der Waals surface area contributed by atoms with Crippen molar-refractivity contribution < 1.29 is 18.0 Å². The van der Waals surface area contributed by atoms with Gasteiger partial charge in [-0.15, -0.1) is 0 Å². The molecule has 2 heterocycles. The van der Waals surface area contributed by atoms with Gasteiger partial charge in [0.25, 0.3) is 0 Å². The van der Waals surface area contributed by atoms with Crippen molar-refractivity contribution in [2.75, 3.05) is 53.6 Å². The first-order valence-corrected chi connectivity index (χ1v) is 12.3. The molecule has 2 aromatic carbocycles. The Morgan fingerprint density at radius 2 is 1.69 bits per heavy atom. The maximum Gasteiger partial charge on any atom is 0.417 e. The second-order valence-electron chi connectivity index (χ2n) is 8.85. The summed E-state index contributed by atoms with van der Waals surface area (Å²) in [6.45, 7) is 6.81. The van der Waals surface area contributed by atoms with E-state index in [2.05, 4.69) is 41.9 Å². The van der Waals surface area contributed by atoms with Crippen LogP contribution in [0.5, 0.6) is 0 Å². The number of carbonyl (C=O) groups is 1. The number of hydrogen-bond acceptors (Lipinski definition) is 8. The molecule has 10 nitrogen and oxygen atoms in total. The smallest absolute Gasteiger partial charge is 0.338 e. The van der Waals surface area contributed by atoms with Gasteiger partial charge in [0, 0.05) is 43.2 Å². The molecule has 204 valence electrons. The summed E-state index contributed by atoms with van der Waals surface area (Å²) in [6.07, 6.45) is -4.65. The Kier molecular flexibility index (Phi) is 8.37. The second kappa shape index (κ2) is 11.7. The third-order valence-corrected chi connectivity index (χ3v) is 6.29. The van der Waals surface area contributed by atoms with Gasteiger partial charge >= 0.3 is 12.2 Å². The van der Waals surface area contributed by atoms with Gasteiger partial charge in [0.1, 0.15) is 5.82 Å². The SMILES string of the molecule is Cc1nc(Nc2cc(NC(=O)Nc3ccc(Cl)c(C(F)(F)F)c3)ccc2C)nc(N2CCN(CC#N)CC2)n1. The number of rotatable bonds is 6. The van der Waals surface area contributed by atoms with Crippen LogP contribution in [-0.4, -0.2) is 58.6 Å². The summed E-state index contributed by atoms with van der Waals surface area (Å²) in [5.41, 5.74) is 0.758. The summed E-state index contributed by atoms with van der Waals surface area (Å²) >= 11 is 5.64. The van der Waals surface area contributed by atoms with Gasteiger partial charge < -0.3 is 20.9 Å². The Balaban J connectivity index is 1.45. The molecule has 14 heteroatoms. The van der Waals surface area contributed by atoms with E-state index < -0.39 is 22.8 Å². The van der Waals surface area contributed by atoms with Gasteiger partial charge in [-0.3, -0.25) is 4.90 Å². The molecule has 0 aliphatic carbocycles. The van der Waals surface area contributed by atoms with Crippen molar-refractivity contribution in [3.63, 3.8) is 0 Å². The fourth-order valence-corrected chi connectivity index (χ4v) is 4.16. The number of nitriles is 1. The number of halogens is 4. The lowest BCUT2D eigenvalue weighted by Gasteiger charge is -2.33. The van der Waals surface area contributed by atoms with E-state index >= 15 is 0 Å². The van der Waals surface area contributed by atoms with Gasteiger partial charge in [-0.25, -0.2) is 4.79 Å². The van der Waals surface area contributed by atoms with Crippen LogP contribution in [0.4, 0.5) is 46.9 Å². The monoisotopic (exact) mass is 559 g/mol. The maximum atomic E-state index is 13.1. The van der Waals surface area contributed by atoms with Gasteiger partial charge in [-0.2, -0.15) is 33.4 Å². The third-order valence-electron chi connectivity index (χ3n) is 5.96. The van der Waals surface area contributed by atoms with E-state index in [1.54, 1.807) is 25.1 Å². The molecule has 0 unspecified atom stereocenters. The highest BCUT2D eigenvalue weighted by Gasteiger charge is 2.33. The number of anilines is 5. The molecule has 0 atom stereocenters. The predicted molar refractivity (Wildman–Crippen MR) is 142 cm³/mol. The van der Waals surface area contributed by atoms with Gasteiger partial charge in [-0.1, -0.05) is 17.7 Å². The molecule has 0 saturated carbocycles. The molecule has 3 aromatic rings. The van der Waals surface area contributed by atoms with Gasteiger partial charge in [0.2, 0.25) is 11.9 Å². The molecule has 2 amide bonds. The number of benzene rings is 2. The molecule has 4 rings (SSSR count). The highest BCUT2D eigenvalue weighted by Crippen LogP contribution is 2.36. The number of piperazine rings is 1. The van der Waals surface area contributed by atoms with E-state index in [-0.39, 0.29) is 5.69 Å². The number of aromatic nitrogens is 3. The molecule has 39 heavy (non-hydrogen) atoms. The highest BCUT2D eigenvalue weighted by molar-refractivity contribution is 6.31. The van der Waals surface area contributed by atoms with E-state index in [4.69, 9.17) is 16.9 Å². The first kappa shape index (κ1) is 27.9. The number of amides is 2. The first-order chi connectivity index (χ1) is 18.5. The minimum atomic E-state index is -4.65. The lowest BCUT2D eigenvalue weighted by molar-refractivity contribution is -0.137. The molecular weight excluding hydrogens is 535 g/mol. The number of nitrogens with zero attached hydrogens (tertiary/aromatic N) is 6. The Bertz CT molecular complexity index is 1400. The molecule has 1 saturated heterocycles. The van der Waals surface area contributed by atoms with Crippen LogP contribution in [0.1, 0.15) is 17.0 Å². The lowest BCUT2D eigenvalue weighted by atomic mass is 10.2. The predicted octanol–water partition coefficient (Wildman–Crippen LogP) is 5.19. The Labute approximate surface area is 227 Å². The molecule has 0 radical (unpaired) electrons. The fourth-order valence-electron chi connectivity index (χ4n) is 3.94. The standard InChI is InChI=1S/C25H25ClF3N9O/c1-15-3-4-18(34-24(39)33-17-5-6-20(26)19(13-17)25(27,28)29)14-21(15)35-22-31-16(2)32-23(36-22)38-11-9-37(8-7-30)10-12-38/h3-6,13-14H,8-12H2,1-2H3,(H2,33,34,39)(H,31,32,35,36). The summed E-state index contributed by atoms with van der Waals surface area (Å²) in [4.78, 5) is 30.0. The molecule has 1 fully saturated rings. The van der Waals surface area contributed by atoms with Crippen LogP contribution in [0.15, 0.2) is 36.4 Å². The van der Waals surface area contributed by atoms with Crippen molar-refractivity contribution in [2.45, 2.75) is 20.0 Å². The van der Waals surface area contributed by atoms with E-state index in [9.17, 15) is 18.0 Å². The van der Waals surface area contributed by atoms with Crippen molar-refractivity contribution in [3.05, 3.63) is 58.4 Å². The van der Waals surface area contributed by atoms with Gasteiger partial charge in [0.05, 0.1) is 23.2 Å². The number of nitrogens with one attached hydrogen (secondary N) is 3. The lowest BCUT2D eigenvalue weighted by Crippen LogP contribution is -2.47. The van der Waals surface area contributed by atoms with Crippen molar-refractivity contribution in [2.24, 2.45) is 0 Å². The molecule has 0 spiro atoms. The molecular formula is C25H25ClF3N9O. The summed E-state index contributed by atoms with van der Waals surface area (Å²) < 4.78 is 39.4. The zero-order valence-corrected chi connectivity index (χ0v) is 21.9. The van der Waals surface area contributed by atoms with E-state index in [1.165, 1.54) is 6.07 Å². The first-order valence-electron chi connectivity index (χ1n) is 11.9. The summed E-state index contributed by atoms with van der Waals surface area (Å²) in [7, 11) is 0. The van der Waals surface area contributed by atoms with Crippen LogP contribution in [0.2, 0.25) is 5.02 Å². The molecule has 1 aliphatic heterocycles. The molecule has 1 aliphatic rings. The van der Waals surface area contributed by atoms with Crippen LogP contribution in [0.25, 0.3) is 0 Å². The van der Waals surface area contributed by atoms with E-state index in [0.717, 1.165) is 30.8 Å². The van der Waals surface area contributed by atoms with Gasteiger partial charge in [0.15, 0.2) is 0 Å². The van der Waals surface area contributed by atoms with E-state index in [1.807, 2.05) is 11.8 Å². The topological polar surface area (TPSA) is 122 Å². The Morgan fingerprint density at radius 3 is 2.36 bits per heavy atom. The normalized spacial score (nSPS) is 14.0. The van der Waals surface area contributed by atoms with Crippen molar-refractivity contribution in [1.29, 1.82) is 5.26 Å². The van der Waals surface area contributed by atoms with Crippen LogP contribution < -0.4 is 20.9 Å². The summed E-state index contributed by atoms with van der Waals surface area (Å²) in [6, 6.07) is 9.65. The van der Waals surface area contributed by atoms with Crippen molar-refractivity contribution >= 4 is 46.6 Å².